The Balaban J connectivity index is 1.54. The van der Waals surface area contributed by atoms with Crippen molar-refractivity contribution in [1.29, 1.82) is 0 Å². The molecule has 1 fully saturated rings. The number of amides is 1. The number of carbonyl (C=O) groups is 1. The number of nitrogens with zero attached hydrogens (tertiary/aromatic N) is 4. The second-order valence-electron chi connectivity index (χ2n) is 7.44. The molecule has 1 amide bonds. The van der Waals surface area contributed by atoms with Gasteiger partial charge in [-0.05, 0) is 44.4 Å². The van der Waals surface area contributed by atoms with Crippen LogP contribution in [0.3, 0.4) is 0 Å². The van der Waals surface area contributed by atoms with Gasteiger partial charge in [-0.1, -0.05) is 12.1 Å². The molecule has 1 atom stereocenters. The van der Waals surface area contributed by atoms with Crippen LogP contribution < -0.4 is 0 Å². The first kappa shape index (κ1) is 17.5. The summed E-state index contributed by atoms with van der Waals surface area (Å²) < 4.78 is 2.22. The maximum atomic E-state index is 13.1. The second kappa shape index (κ2) is 7.39. The van der Waals surface area contributed by atoms with Crippen molar-refractivity contribution < 1.29 is 4.79 Å². The van der Waals surface area contributed by atoms with Crippen LogP contribution in [0.5, 0.6) is 0 Å². The third-order valence-corrected chi connectivity index (χ3v) is 5.27. The lowest BCUT2D eigenvalue weighted by atomic mass is 9.96. The van der Waals surface area contributed by atoms with E-state index in [0.29, 0.717) is 6.04 Å². The molecule has 1 aromatic carbocycles. The van der Waals surface area contributed by atoms with Gasteiger partial charge >= 0.3 is 0 Å². The molecule has 0 spiro atoms. The van der Waals surface area contributed by atoms with Gasteiger partial charge < -0.3 is 9.47 Å². The fraction of sp³-hybridized carbons (Fsp3) is 0.381. The minimum Gasteiger partial charge on any atom is -0.338 e. The smallest absolute Gasteiger partial charge is 0.253 e. The summed E-state index contributed by atoms with van der Waals surface area (Å²) in [6.07, 6.45) is 9.59. The largest absolute Gasteiger partial charge is 0.338 e. The number of nitrogens with one attached hydrogen (secondary N) is 1. The number of H-pyrrole nitrogens is 1. The van der Waals surface area contributed by atoms with Crippen LogP contribution >= 0.6 is 0 Å². The first-order valence-corrected chi connectivity index (χ1v) is 9.54. The van der Waals surface area contributed by atoms with Gasteiger partial charge in [-0.2, -0.15) is 5.10 Å². The molecular weight excluding hydrogens is 338 g/mol. The summed E-state index contributed by atoms with van der Waals surface area (Å²) in [4.78, 5) is 19.7. The summed E-state index contributed by atoms with van der Waals surface area (Å²) in [5.74, 6) is 1.47. The maximum absolute atomic E-state index is 13.1. The molecule has 1 aliphatic rings. The Hall–Kier alpha value is -2.89. The van der Waals surface area contributed by atoms with Crippen molar-refractivity contribution in [2.24, 2.45) is 0 Å². The number of imidazole rings is 1. The van der Waals surface area contributed by atoms with E-state index in [2.05, 4.69) is 33.6 Å². The number of piperidine rings is 1. The molecule has 3 aromatic rings. The van der Waals surface area contributed by atoms with E-state index in [1.165, 1.54) is 0 Å². The zero-order valence-electron chi connectivity index (χ0n) is 15.8. The summed E-state index contributed by atoms with van der Waals surface area (Å²) in [5.41, 5.74) is 2.71. The van der Waals surface area contributed by atoms with Gasteiger partial charge in [0.25, 0.3) is 5.91 Å². The molecule has 3 heterocycles. The third-order valence-electron chi connectivity index (χ3n) is 5.27. The molecule has 6 nitrogen and oxygen atoms in total. The number of aromatic amines is 1. The van der Waals surface area contributed by atoms with Crippen LogP contribution in [0.25, 0.3) is 11.1 Å². The number of rotatable bonds is 4. The van der Waals surface area contributed by atoms with Crippen LogP contribution in [0, 0.1) is 0 Å². The first-order valence-electron chi connectivity index (χ1n) is 9.54. The van der Waals surface area contributed by atoms with E-state index in [-0.39, 0.29) is 11.8 Å². The number of hydrogen-bond donors (Lipinski definition) is 1. The second-order valence-corrected chi connectivity index (χ2v) is 7.44. The Morgan fingerprint density at radius 2 is 2.19 bits per heavy atom. The zero-order valence-corrected chi connectivity index (χ0v) is 15.8. The zero-order chi connectivity index (χ0) is 18.8. The lowest BCUT2D eigenvalue weighted by Crippen LogP contribution is -2.39. The predicted octanol–water partition coefficient (Wildman–Crippen LogP) is 3.87. The molecule has 0 radical (unpaired) electrons. The molecule has 27 heavy (non-hydrogen) atoms. The van der Waals surface area contributed by atoms with E-state index >= 15 is 0 Å². The van der Waals surface area contributed by atoms with Crippen LogP contribution in [-0.2, 0) is 0 Å². The average molecular weight is 363 g/mol. The molecule has 1 aliphatic heterocycles. The van der Waals surface area contributed by atoms with Crippen molar-refractivity contribution in [2.45, 2.75) is 38.6 Å². The third kappa shape index (κ3) is 3.52. The van der Waals surface area contributed by atoms with Gasteiger partial charge in [0.15, 0.2) is 0 Å². The quantitative estimate of drug-likeness (QED) is 0.765. The van der Waals surface area contributed by atoms with Gasteiger partial charge in [-0.15, -0.1) is 0 Å². The van der Waals surface area contributed by atoms with Crippen LogP contribution in [0.15, 0.2) is 49.1 Å². The Labute approximate surface area is 159 Å². The molecule has 1 saturated heterocycles. The van der Waals surface area contributed by atoms with Crippen LogP contribution in [0.2, 0.25) is 0 Å². The lowest BCUT2D eigenvalue weighted by Gasteiger charge is -2.33. The fourth-order valence-corrected chi connectivity index (χ4v) is 3.87. The summed E-state index contributed by atoms with van der Waals surface area (Å²) in [6.45, 7) is 5.85. The number of likely N-dealkylation sites (tertiary alicyclic amines) is 1. The molecule has 6 heteroatoms. The number of carbonyl (C=O) groups excluding carboxylic acids is 1. The van der Waals surface area contributed by atoms with Gasteiger partial charge in [0.1, 0.15) is 5.82 Å². The van der Waals surface area contributed by atoms with Crippen molar-refractivity contribution in [3.05, 3.63) is 60.4 Å². The van der Waals surface area contributed by atoms with Gasteiger partial charge in [0.2, 0.25) is 0 Å². The summed E-state index contributed by atoms with van der Waals surface area (Å²) in [7, 11) is 0. The summed E-state index contributed by atoms with van der Waals surface area (Å²) in [6, 6.07) is 8.15. The van der Waals surface area contributed by atoms with E-state index in [4.69, 9.17) is 0 Å². The van der Waals surface area contributed by atoms with Crippen molar-refractivity contribution in [2.75, 3.05) is 13.1 Å². The molecule has 2 aromatic heterocycles. The first-order chi connectivity index (χ1) is 13.1. The predicted molar refractivity (Wildman–Crippen MR) is 105 cm³/mol. The highest BCUT2D eigenvalue weighted by atomic mass is 16.2. The normalized spacial score (nSPS) is 17.4. The standard InChI is InChI=1S/C21H25N5O/c1-15(2)26-10-8-22-20(26)18-7-4-9-25(14-18)21(27)17-6-3-5-16(11-17)19-12-23-24-13-19/h3,5-6,8,10-13,15,18H,4,7,9,14H2,1-2H3,(H,23,24)/t18-/m1/s1. The minimum absolute atomic E-state index is 0.0905. The van der Waals surface area contributed by atoms with E-state index in [0.717, 1.165) is 48.4 Å². The van der Waals surface area contributed by atoms with Crippen LogP contribution in [-0.4, -0.2) is 43.6 Å². The van der Waals surface area contributed by atoms with Gasteiger partial charge in [0, 0.05) is 54.8 Å². The maximum Gasteiger partial charge on any atom is 0.253 e. The average Bonchev–Trinajstić information content (AvgIpc) is 3.39. The summed E-state index contributed by atoms with van der Waals surface area (Å²) >= 11 is 0. The van der Waals surface area contributed by atoms with Crippen LogP contribution in [0.1, 0.15) is 54.8 Å². The molecule has 0 bridgehead atoms. The Kier molecular flexibility index (Phi) is 4.79. The number of aromatic nitrogens is 4. The lowest BCUT2D eigenvalue weighted by molar-refractivity contribution is 0.0703. The van der Waals surface area contributed by atoms with Crippen molar-refractivity contribution >= 4 is 5.91 Å². The molecule has 0 unspecified atom stereocenters. The van der Waals surface area contributed by atoms with Crippen molar-refractivity contribution in [3.8, 4) is 11.1 Å². The highest BCUT2D eigenvalue weighted by molar-refractivity contribution is 5.95. The molecule has 140 valence electrons. The molecule has 4 rings (SSSR count). The molecule has 0 aliphatic carbocycles. The topological polar surface area (TPSA) is 66.8 Å². The molecular formula is C21H25N5O. The minimum atomic E-state index is 0.0905. The Morgan fingerprint density at radius 3 is 2.96 bits per heavy atom. The van der Waals surface area contributed by atoms with Crippen molar-refractivity contribution in [3.63, 3.8) is 0 Å². The van der Waals surface area contributed by atoms with E-state index < -0.39 is 0 Å². The molecule has 1 N–H and O–H groups in total. The van der Waals surface area contributed by atoms with E-state index in [1.54, 1.807) is 6.20 Å². The van der Waals surface area contributed by atoms with E-state index in [1.807, 2.05) is 47.8 Å². The highest BCUT2D eigenvalue weighted by Crippen LogP contribution is 2.29. The van der Waals surface area contributed by atoms with Crippen LogP contribution in [0.4, 0.5) is 0 Å². The van der Waals surface area contributed by atoms with Gasteiger partial charge in [-0.3, -0.25) is 9.89 Å². The highest BCUT2D eigenvalue weighted by Gasteiger charge is 2.28. The van der Waals surface area contributed by atoms with E-state index in [9.17, 15) is 4.79 Å². The SMILES string of the molecule is CC(C)n1ccnc1[C@@H]1CCCN(C(=O)c2cccc(-c3cn[nH]c3)c2)C1. The number of benzene rings is 1. The summed E-state index contributed by atoms with van der Waals surface area (Å²) in [5, 5.41) is 6.82. The van der Waals surface area contributed by atoms with Crippen molar-refractivity contribution in [1.82, 2.24) is 24.6 Å². The Morgan fingerprint density at radius 1 is 1.30 bits per heavy atom. The fourth-order valence-electron chi connectivity index (χ4n) is 3.87. The molecule has 0 saturated carbocycles. The monoisotopic (exact) mass is 363 g/mol. The van der Waals surface area contributed by atoms with Gasteiger partial charge in [-0.25, -0.2) is 4.98 Å². The Bertz CT molecular complexity index is 912. The number of hydrogen-bond acceptors (Lipinski definition) is 3. The van der Waals surface area contributed by atoms with Gasteiger partial charge in [0.05, 0.1) is 6.20 Å².